The van der Waals surface area contributed by atoms with E-state index in [0.29, 0.717) is 22.8 Å². The van der Waals surface area contributed by atoms with Gasteiger partial charge in [-0.1, -0.05) is 6.07 Å². The molecule has 0 atom stereocenters. The van der Waals surface area contributed by atoms with Gasteiger partial charge in [0.1, 0.15) is 17.5 Å². The fourth-order valence-electron chi connectivity index (χ4n) is 4.50. The van der Waals surface area contributed by atoms with Gasteiger partial charge < -0.3 is 21.4 Å². The van der Waals surface area contributed by atoms with Crippen molar-refractivity contribution in [2.24, 2.45) is 5.73 Å². The Morgan fingerprint density at radius 3 is 2.70 bits per heavy atom. The van der Waals surface area contributed by atoms with E-state index in [4.69, 9.17) is 16.5 Å². The summed E-state index contributed by atoms with van der Waals surface area (Å²) in [4.78, 5) is 14.8. The first kappa shape index (κ1) is 20.9. The van der Waals surface area contributed by atoms with Crippen LogP contribution in [-0.2, 0) is 0 Å². The molecule has 3 heterocycles. The quantitative estimate of drug-likeness (QED) is 0.440. The predicted molar refractivity (Wildman–Crippen MR) is 128 cm³/mol. The average Bonchev–Trinajstić information content (AvgIpc) is 3.21. The molecule has 1 fully saturated rings. The summed E-state index contributed by atoms with van der Waals surface area (Å²) in [5.41, 5.74) is 18.5. The van der Waals surface area contributed by atoms with E-state index in [1.807, 2.05) is 13.0 Å². The van der Waals surface area contributed by atoms with Gasteiger partial charge in [-0.3, -0.25) is 0 Å². The molecule has 0 saturated carbocycles. The molecule has 0 spiro atoms. The molecule has 1 aliphatic heterocycles. The number of aryl methyl sites for hydroxylation is 1. The van der Waals surface area contributed by atoms with Crippen LogP contribution in [0.4, 0.5) is 15.9 Å². The van der Waals surface area contributed by atoms with E-state index in [1.54, 1.807) is 24.4 Å². The highest BCUT2D eigenvalue weighted by Crippen LogP contribution is 2.42. The molecule has 4 aromatic rings. The minimum absolute atomic E-state index is 0.152. The standard InChI is InChI=1S/C25H24FN7/c1-14-8-16(11-17(26)9-14)19-13-30-24(29)22(23(19)33-6-4-18(28)5-7-33)25-31-20-3-2-15(12-27)10-21(20)32-25/h2-3,8-11,13,18H,4-7,28H2,1H3,(H2,29,30)(H,31,32). The van der Waals surface area contributed by atoms with Crippen molar-refractivity contribution in [2.45, 2.75) is 25.8 Å². The van der Waals surface area contributed by atoms with E-state index >= 15 is 0 Å². The lowest BCUT2D eigenvalue weighted by molar-refractivity contribution is 0.501. The maximum Gasteiger partial charge on any atom is 0.144 e. The Kier molecular flexibility index (Phi) is 5.19. The fourth-order valence-corrected chi connectivity index (χ4v) is 4.50. The summed E-state index contributed by atoms with van der Waals surface area (Å²) in [5.74, 6) is 0.587. The lowest BCUT2D eigenvalue weighted by atomic mass is 9.97. The van der Waals surface area contributed by atoms with Gasteiger partial charge in [0.25, 0.3) is 0 Å². The van der Waals surface area contributed by atoms with Crippen LogP contribution in [0.15, 0.2) is 42.6 Å². The first-order chi connectivity index (χ1) is 15.9. The van der Waals surface area contributed by atoms with Gasteiger partial charge in [-0.25, -0.2) is 14.4 Å². The van der Waals surface area contributed by atoms with Crippen LogP contribution in [0, 0.1) is 24.1 Å². The van der Waals surface area contributed by atoms with Crippen molar-refractivity contribution in [1.82, 2.24) is 15.0 Å². The number of anilines is 2. The number of halogens is 1. The molecule has 7 nitrogen and oxygen atoms in total. The van der Waals surface area contributed by atoms with Gasteiger partial charge in [0.2, 0.25) is 0 Å². The maximum absolute atomic E-state index is 14.3. The monoisotopic (exact) mass is 441 g/mol. The predicted octanol–water partition coefficient (Wildman–Crippen LogP) is 4.12. The van der Waals surface area contributed by atoms with Crippen molar-refractivity contribution in [3.63, 3.8) is 0 Å². The minimum atomic E-state index is -0.303. The Bertz CT molecular complexity index is 1370. The number of hydrogen-bond acceptors (Lipinski definition) is 6. The number of nitrogens with one attached hydrogen (secondary N) is 1. The molecule has 0 unspecified atom stereocenters. The number of pyridine rings is 1. The van der Waals surface area contributed by atoms with Crippen LogP contribution in [0.2, 0.25) is 0 Å². The summed E-state index contributed by atoms with van der Waals surface area (Å²) in [6.45, 7) is 3.36. The topological polar surface area (TPSA) is 121 Å². The summed E-state index contributed by atoms with van der Waals surface area (Å²) in [6, 6.07) is 12.5. The van der Waals surface area contributed by atoms with Crippen molar-refractivity contribution in [3.05, 3.63) is 59.5 Å². The summed E-state index contributed by atoms with van der Waals surface area (Å²) < 4.78 is 14.3. The van der Waals surface area contributed by atoms with E-state index in [2.05, 4.69) is 20.9 Å². The van der Waals surface area contributed by atoms with E-state index in [9.17, 15) is 9.65 Å². The third-order valence-corrected chi connectivity index (χ3v) is 6.14. The van der Waals surface area contributed by atoms with Gasteiger partial charge in [0.05, 0.1) is 33.9 Å². The highest BCUT2D eigenvalue weighted by molar-refractivity contribution is 5.95. The number of nitrogens with zero attached hydrogens (tertiary/aromatic N) is 4. The molecule has 0 aliphatic carbocycles. The van der Waals surface area contributed by atoms with E-state index in [0.717, 1.165) is 59.3 Å². The van der Waals surface area contributed by atoms with Gasteiger partial charge >= 0.3 is 0 Å². The second-order valence-electron chi connectivity index (χ2n) is 8.55. The molecule has 33 heavy (non-hydrogen) atoms. The Hall–Kier alpha value is -3.96. The number of benzene rings is 2. The molecule has 1 saturated heterocycles. The van der Waals surface area contributed by atoms with Crippen LogP contribution in [0.1, 0.15) is 24.0 Å². The number of piperidine rings is 1. The zero-order valence-electron chi connectivity index (χ0n) is 18.3. The third kappa shape index (κ3) is 3.88. The molecule has 5 N–H and O–H groups in total. The molecule has 2 aromatic heterocycles. The molecule has 2 aromatic carbocycles. The van der Waals surface area contributed by atoms with Gasteiger partial charge in [0, 0.05) is 30.9 Å². The summed E-state index contributed by atoms with van der Waals surface area (Å²) in [5, 5.41) is 9.25. The highest BCUT2D eigenvalue weighted by atomic mass is 19.1. The zero-order valence-corrected chi connectivity index (χ0v) is 18.3. The SMILES string of the molecule is Cc1cc(F)cc(-c2cnc(N)c(-c3nc4ccc(C#N)cc4[nH]3)c2N2CCC(N)CC2)c1. The van der Waals surface area contributed by atoms with Gasteiger partial charge in [-0.2, -0.15) is 5.26 Å². The van der Waals surface area contributed by atoms with Gasteiger partial charge in [0.15, 0.2) is 0 Å². The third-order valence-electron chi connectivity index (χ3n) is 6.14. The van der Waals surface area contributed by atoms with Crippen LogP contribution >= 0.6 is 0 Å². The van der Waals surface area contributed by atoms with Crippen molar-refractivity contribution in [1.29, 1.82) is 5.26 Å². The molecule has 0 radical (unpaired) electrons. The normalized spacial score (nSPS) is 14.5. The number of nitrogen functional groups attached to an aromatic ring is 1. The van der Waals surface area contributed by atoms with Crippen LogP contribution in [0.5, 0.6) is 0 Å². The van der Waals surface area contributed by atoms with Crippen LogP contribution in [-0.4, -0.2) is 34.1 Å². The lowest BCUT2D eigenvalue weighted by Gasteiger charge is -2.34. The van der Waals surface area contributed by atoms with Crippen LogP contribution in [0.25, 0.3) is 33.5 Å². The Morgan fingerprint density at radius 2 is 1.97 bits per heavy atom. The molecular formula is C25H24FN7. The number of aromatic nitrogens is 3. The van der Waals surface area contributed by atoms with E-state index in [-0.39, 0.29) is 11.9 Å². The van der Waals surface area contributed by atoms with Crippen molar-refractivity contribution < 1.29 is 4.39 Å². The largest absolute Gasteiger partial charge is 0.383 e. The molecule has 8 heteroatoms. The summed E-state index contributed by atoms with van der Waals surface area (Å²) >= 11 is 0. The van der Waals surface area contributed by atoms with E-state index < -0.39 is 0 Å². The zero-order chi connectivity index (χ0) is 23.1. The summed E-state index contributed by atoms with van der Waals surface area (Å²) in [6.07, 6.45) is 3.39. The van der Waals surface area contributed by atoms with Crippen LogP contribution < -0.4 is 16.4 Å². The molecule has 0 amide bonds. The lowest BCUT2D eigenvalue weighted by Crippen LogP contribution is -2.40. The van der Waals surface area contributed by atoms with Crippen molar-refractivity contribution in [3.8, 4) is 28.6 Å². The Labute approximate surface area is 190 Å². The second-order valence-corrected chi connectivity index (χ2v) is 8.55. The van der Waals surface area contributed by atoms with Gasteiger partial charge in [-0.15, -0.1) is 0 Å². The minimum Gasteiger partial charge on any atom is -0.383 e. The first-order valence-electron chi connectivity index (χ1n) is 10.9. The number of hydrogen-bond donors (Lipinski definition) is 3. The fraction of sp³-hybridized carbons (Fsp3) is 0.240. The molecule has 166 valence electrons. The highest BCUT2D eigenvalue weighted by Gasteiger charge is 2.26. The average molecular weight is 442 g/mol. The molecule has 5 rings (SSSR count). The first-order valence-corrected chi connectivity index (χ1v) is 10.9. The maximum atomic E-state index is 14.3. The Morgan fingerprint density at radius 1 is 1.18 bits per heavy atom. The number of nitrogens with two attached hydrogens (primary N) is 2. The number of rotatable bonds is 3. The number of nitriles is 1. The smallest absolute Gasteiger partial charge is 0.144 e. The van der Waals surface area contributed by atoms with E-state index in [1.165, 1.54) is 12.1 Å². The second kappa shape index (κ2) is 8.19. The molecule has 1 aliphatic rings. The van der Waals surface area contributed by atoms with Crippen molar-refractivity contribution >= 4 is 22.5 Å². The van der Waals surface area contributed by atoms with Crippen molar-refractivity contribution in [2.75, 3.05) is 23.7 Å². The number of imidazole rings is 1. The molecule has 0 bridgehead atoms. The van der Waals surface area contributed by atoms with Gasteiger partial charge in [-0.05, 0) is 61.2 Å². The number of fused-ring (bicyclic) bond motifs is 1. The number of H-pyrrole nitrogens is 1. The molecular weight excluding hydrogens is 417 g/mol. The van der Waals surface area contributed by atoms with Crippen LogP contribution in [0.3, 0.4) is 0 Å². The summed E-state index contributed by atoms with van der Waals surface area (Å²) in [7, 11) is 0. The Balaban J connectivity index is 1.76. The number of aromatic amines is 1.